The lowest BCUT2D eigenvalue weighted by molar-refractivity contribution is 0.0963. The topological polar surface area (TPSA) is 35.5 Å². The summed E-state index contributed by atoms with van der Waals surface area (Å²) in [5.74, 6) is 1.90. The van der Waals surface area contributed by atoms with E-state index in [-0.39, 0.29) is 5.78 Å². The van der Waals surface area contributed by atoms with E-state index in [1.165, 1.54) is 0 Å². The second-order valence-corrected chi connectivity index (χ2v) is 5.74. The molecule has 0 saturated carbocycles. The first-order valence-corrected chi connectivity index (χ1v) is 7.13. The van der Waals surface area contributed by atoms with E-state index < -0.39 is 0 Å². The summed E-state index contributed by atoms with van der Waals surface area (Å²) in [5.41, 5.74) is 1.82. The maximum Gasteiger partial charge on any atom is 0.172 e. The molecular formula is C14H15BrO3. The van der Waals surface area contributed by atoms with E-state index >= 15 is 0 Å². The van der Waals surface area contributed by atoms with Crippen LogP contribution in [-0.2, 0) is 0 Å². The number of benzene rings is 1. The summed E-state index contributed by atoms with van der Waals surface area (Å²) < 4.78 is 12.4. The zero-order chi connectivity index (χ0) is 12.7. The van der Waals surface area contributed by atoms with Gasteiger partial charge in [-0.2, -0.15) is 0 Å². The Morgan fingerprint density at radius 1 is 1.33 bits per heavy atom. The molecule has 0 bridgehead atoms. The van der Waals surface area contributed by atoms with E-state index in [9.17, 15) is 4.79 Å². The van der Waals surface area contributed by atoms with Crippen molar-refractivity contribution in [2.24, 2.45) is 0 Å². The SMILES string of the molecule is CC1CCC(=O)c2c3c(cc(Br)c21)OCCCO3. The van der Waals surface area contributed by atoms with Crippen LogP contribution >= 0.6 is 15.9 Å². The molecule has 0 aromatic heterocycles. The highest BCUT2D eigenvalue weighted by Crippen LogP contribution is 2.46. The van der Waals surface area contributed by atoms with Crippen LogP contribution < -0.4 is 9.47 Å². The first-order chi connectivity index (χ1) is 8.68. The fourth-order valence-electron chi connectivity index (χ4n) is 2.66. The van der Waals surface area contributed by atoms with Gasteiger partial charge >= 0.3 is 0 Å². The van der Waals surface area contributed by atoms with Crippen molar-refractivity contribution in [1.29, 1.82) is 0 Å². The Balaban J connectivity index is 2.24. The van der Waals surface area contributed by atoms with Gasteiger partial charge in [-0.1, -0.05) is 22.9 Å². The molecule has 0 fully saturated rings. The maximum atomic E-state index is 12.2. The Bertz CT molecular complexity index is 510. The fraction of sp³-hybridized carbons (Fsp3) is 0.500. The normalized spacial score (nSPS) is 22.3. The molecule has 1 aliphatic heterocycles. The highest BCUT2D eigenvalue weighted by molar-refractivity contribution is 9.10. The van der Waals surface area contributed by atoms with Crippen LogP contribution in [0.2, 0.25) is 0 Å². The lowest BCUT2D eigenvalue weighted by Crippen LogP contribution is -2.16. The molecular weight excluding hydrogens is 296 g/mol. The molecule has 1 aliphatic carbocycles. The van der Waals surface area contributed by atoms with Crippen molar-refractivity contribution in [3.63, 3.8) is 0 Å². The summed E-state index contributed by atoms with van der Waals surface area (Å²) in [6.45, 7) is 3.41. The van der Waals surface area contributed by atoms with Crippen LogP contribution in [0.5, 0.6) is 11.5 Å². The molecule has 2 aliphatic rings. The van der Waals surface area contributed by atoms with Crippen LogP contribution in [0.25, 0.3) is 0 Å². The third kappa shape index (κ3) is 1.83. The first-order valence-electron chi connectivity index (χ1n) is 6.33. The second kappa shape index (κ2) is 4.57. The quantitative estimate of drug-likeness (QED) is 0.733. The molecule has 1 heterocycles. The highest BCUT2D eigenvalue weighted by atomic mass is 79.9. The summed E-state index contributed by atoms with van der Waals surface area (Å²) >= 11 is 3.57. The summed E-state index contributed by atoms with van der Waals surface area (Å²) in [5, 5.41) is 0. The standard InChI is InChI=1S/C14H15BrO3/c1-8-3-4-10(16)13-12(8)9(15)7-11-14(13)18-6-2-5-17-11/h7-8H,2-6H2,1H3. The van der Waals surface area contributed by atoms with Gasteiger partial charge in [-0.15, -0.1) is 0 Å². The number of carbonyl (C=O) groups is 1. The molecule has 1 atom stereocenters. The lowest BCUT2D eigenvalue weighted by Gasteiger charge is -2.25. The Labute approximate surface area is 115 Å². The molecule has 1 aromatic rings. The molecule has 4 heteroatoms. The predicted molar refractivity (Wildman–Crippen MR) is 71.7 cm³/mol. The van der Waals surface area contributed by atoms with Crippen LogP contribution in [0.15, 0.2) is 10.5 Å². The number of ether oxygens (including phenoxy) is 2. The number of ketones is 1. The van der Waals surface area contributed by atoms with Crippen molar-refractivity contribution in [3.8, 4) is 11.5 Å². The third-order valence-corrected chi connectivity index (χ3v) is 4.26. The Morgan fingerprint density at radius 2 is 2.11 bits per heavy atom. The molecule has 0 N–H and O–H groups in total. The van der Waals surface area contributed by atoms with Gasteiger partial charge in [0, 0.05) is 17.3 Å². The summed E-state index contributed by atoms with van der Waals surface area (Å²) in [7, 11) is 0. The Hall–Kier alpha value is -1.03. The maximum absolute atomic E-state index is 12.2. The van der Waals surface area contributed by atoms with Gasteiger partial charge in [0.25, 0.3) is 0 Å². The number of halogens is 1. The van der Waals surface area contributed by atoms with Gasteiger partial charge in [0.15, 0.2) is 17.3 Å². The molecule has 0 spiro atoms. The second-order valence-electron chi connectivity index (χ2n) is 4.89. The van der Waals surface area contributed by atoms with Gasteiger partial charge in [0.2, 0.25) is 0 Å². The molecule has 0 amide bonds. The lowest BCUT2D eigenvalue weighted by atomic mass is 9.82. The monoisotopic (exact) mass is 310 g/mol. The fourth-order valence-corrected chi connectivity index (χ4v) is 3.46. The zero-order valence-corrected chi connectivity index (χ0v) is 11.9. The van der Waals surface area contributed by atoms with Gasteiger partial charge in [0.05, 0.1) is 18.8 Å². The number of fused-ring (bicyclic) bond motifs is 3. The van der Waals surface area contributed by atoms with Crippen molar-refractivity contribution < 1.29 is 14.3 Å². The smallest absolute Gasteiger partial charge is 0.172 e. The number of hydrogen-bond acceptors (Lipinski definition) is 3. The first kappa shape index (κ1) is 12.0. The van der Waals surface area contributed by atoms with Crippen LogP contribution in [0, 0.1) is 0 Å². The largest absolute Gasteiger partial charge is 0.489 e. The van der Waals surface area contributed by atoms with Gasteiger partial charge in [-0.25, -0.2) is 0 Å². The molecule has 18 heavy (non-hydrogen) atoms. The van der Waals surface area contributed by atoms with Gasteiger partial charge in [-0.3, -0.25) is 4.79 Å². The highest BCUT2D eigenvalue weighted by Gasteiger charge is 2.31. The van der Waals surface area contributed by atoms with Gasteiger partial charge < -0.3 is 9.47 Å². The van der Waals surface area contributed by atoms with E-state index in [4.69, 9.17) is 9.47 Å². The molecule has 1 unspecified atom stereocenters. The summed E-state index contributed by atoms with van der Waals surface area (Å²) in [6.07, 6.45) is 2.36. The molecule has 3 nitrogen and oxygen atoms in total. The van der Waals surface area contributed by atoms with E-state index in [0.717, 1.165) is 28.4 Å². The average molecular weight is 311 g/mol. The van der Waals surface area contributed by atoms with Crippen LogP contribution in [0.4, 0.5) is 0 Å². The van der Waals surface area contributed by atoms with Crippen molar-refractivity contribution in [2.45, 2.75) is 32.1 Å². The van der Waals surface area contributed by atoms with Crippen LogP contribution in [0.1, 0.15) is 48.0 Å². The number of carbonyl (C=O) groups excluding carboxylic acids is 1. The Kier molecular flexibility index (Phi) is 3.06. The van der Waals surface area contributed by atoms with Crippen molar-refractivity contribution in [3.05, 3.63) is 21.7 Å². The number of Topliss-reactive ketones (excluding diaryl/α,β-unsaturated/α-hetero) is 1. The van der Waals surface area contributed by atoms with E-state index in [2.05, 4.69) is 22.9 Å². The average Bonchev–Trinajstić information content (AvgIpc) is 2.58. The van der Waals surface area contributed by atoms with Crippen molar-refractivity contribution in [2.75, 3.05) is 13.2 Å². The number of hydrogen-bond donors (Lipinski definition) is 0. The number of rotatable bonds is 0. The van der Waals surface area contributed by atoms with E-state index in [0.29, 0.717) is 37.1 Å². The minimum atomic E-state index is 0.172. The Morgan fingerprint density at radius 3 is 2.94 bits per heavy atom. The van der Waals surface area contributed by atoms with E-state index in [1.54, 1.807) is 0 Å². The third-order valence-electron chi connectivity index (χ3n) is 3.60. The predicted octanol–water partition coefficient (Wildman–Crippen LogP) is 3.69. The van der Waals surface area contributed by atoms with Crippen LogP contribution in [0.3, 0.4) is 0 Å². The van der Waals surface area contributed by atoms with Crippen molar-refractivity contribution in [1.82, 2.24) is 0 Å². The molecule has 1 aromatic carbocycles. The zero-order valence-electron chi connectivity index (χ0n) is 10.3. The molecule has 0 saturated heterocycles. The van der Waals surface area contributed by atoms with Crippen molar-refractivity contribution >= 4 is 21.7 Å². The van der Waals surface area contributed by atoms with E-state index in [1.807, 2.05) is 6.07 Å². The molecule has 3 rings (SSSR count). The minimum absolute atomic E-state index is 0.172. The van der Waals surface area contributed by atoms with Gasteiger partial charge in [-0.05, 0) is 24.0 Å². The summed E-state index contributed by atoms with van der Waals surface area (Å²) in [4.78, 5) is 12.2. The van der Waals surface area contributed by atoms with Crippen LogP contribution in [-0.4, -0.2) is 19.0 Å². The molecule has 96 valence electrons. The molecule has 0 radical (unpaired) electrons. The van der Waals surface area contributed by atoms with Gasteiger partial charge in [0.1, 0.15) is 0 Å². The minimum Gasteiger partial charge on any atom is -0.489 e. The summed E-state index contributed by atoms with van der Waals surface area (Å²) in [6, 6.07) is 1.94.